The van der Waals surface area contributed by atoms with Crippen molar-refractivity contribution in [1.82, 2.24) is 19.3 Å². The molecule has 6 rings (SSSR count). The summed E-state index contributed by atoms with van der Waals surface area (Å²) < 4.78 is 4.04. The molecule has 0 N–H and O–H groups in total. The van der Waals surface area contributed by atoms with Crippen LogP contribution < -0.4 is 10.3 Å². The van der Waals surface area contributed by atoms with Gasteiger partial charge in [-0.15, -0.1) is 0 Å². The maximum Gasteiger partial charge on any atom is 0.269 e. The van der Waals surface area contributed by atoms with E-state index in [1.165, 1.54) is 6.20 Å². The summed E-state index contributed by atoms with van der Waals surface area (Å²) >= 11 is 6.12. The maximum absolute atomic E-state index is 13.8. The highest BCUT2D eigenvalue weighted by Gasteiger charge is 2.19. The number of aromatic nitrogens is 5. The zero-order valence-corrected chi connectivity index (χ0v) is 20.5. The lowest BCUT2D eigenvalue weighted by molar-refractivity contribution is -0.605. The Bertz CT molecular complexity index is 1810. The average Bonchev–Trinajstić information content (AvgIpc) is 3.35. The van der Waals surface area contributed by atoms with Crippen LogP contribution in [0.1, 0.15) is 5.56 Å². The molecule has 6 aromatic rings. The van der Waals surface area contributed by atoms with Crippen LogP contribution in [0, 0.1) is 12.1 Å². The summed E-state index contributed by atoms with van der Waals surface area (Å²) in [5.41, 5.74) is 5.24. The molecule has 0 bridgehead atoms. The molecule has 180 valence electrons. The van der Waals surface area contributed by atoms with Gasteiger partial charge in [0.05, 0.1) is 17.6 Å². The molecule has 0 atom stereocenters. The van der Waals surface area contributed by atoms with Gasteiger partial charge in [-0.25, -0.2) is 9.67 Å². The smallest absolute Gasteiger partial charge is 0.269 e. The Labute approximate surface area is 217 Å². The van der Waals surface area contributed by atoms with Crippen molar-refractivity contribution in [3.63, 3.8) is 0 Å². The summed E-state index contributed by atoms with van der Waals surface area (Å²) in [5, 5.41) is 17.1. The molecule has 0 amide bonds. The topological polar surface area (TPSA) is 79.7 Å². The monoisotopic (exact) mass is 505 g/mol. The van der Waals surface area contributed by atoms with E-state index in [9.17, 15) is 10.0 Å². The minimum Gasteiger partial charge on any atom is -0.619 e. The van der Waals surface area contributed by atoms with Gasteiger partial charge in [0.2, 0.25) is 0 Å². The molecule has 37 heavy (non-hydrogen) atoms. The number of nitrogens with zero attached hydrogens (tertiary/aromatic N) is 5. The normalized spacial score (nSPS) is 11.2. The molecule has 0 fully saturated rings. The van der Waals surface area contributed by atoms with Gasteiger partial charge in [0.15, 0.2) is 18.0 Å². The minimum atomic E-state index is -0.229. The van der Waals surface area contributed by atoms with E-state index in [2.05, 4.69) is 5.10 Å². The van der Waals surface area contributed by atoms with Gasteiger partial charge < -0.3 is 5.21 Å². The Kier molecular flexibility index (Phi) is 5.54. The van der Waals surface area contributed by atoms with Crippen molar-refractivity contribution in [3.8, 4) is 33.9 Å². The third-order valence-electron chi connectivity index (χ3n) is 6.27. The van der Waals surface area contributed by atoms with Crippen LogP contribution in [0.5, 0.6) is 0 Å². The fourth-order valence-corrected chi connectivity index (χ4v) is 4.58. The van der Waals surface area contributed by atoms with Crippen molar-refractivity contribution in [2.75, 3.05) is 0 Å². The van der Waals surface area contributed by atoms with Crippen molar-refractivity contribution < 1.29 is 4.73 Å². The van der Waals surface area contributed by atoms with Crippen LogP contribution in [-0.4, -0.2) is 19.3 Å². The molecular weight excluding hydrogens is 486 g/mol. The van der Waals surface area contributed by atoms with Gasteiger partial charge in [0.1, 0.15) is 11.2 Å². The lowest BCUT2D eigenvalue weighted by Gasteiger charge is -2.14. The van der Waals surface area contributed by atoms with Crippen molar-refractivity contribution in [1.29, 1.82) is 0 Å². The predicted molar refractivity (Wildman–Crippen MR) is 144 cm³/mol. The summed E-state index contributed by atoms with van der Waals surface area (Å²) in [4.78, 5) is 18.8. The Hall–Kier alpha value is -4.75. The number of aryl methyl sites for hydroxylation is 1. The largest absolute Gasteiger partial charge is 0.619 e. The summed E-state index contributed by atoms with van der Waals surface area (Å²) in [6, 6.07) is 26.2. The quantitative estimate of drug-likeness (QED) is 0.234. The zero-order valence-electron chi connectivity index (χ0n) is 19.7. The SMILES string of the molecule is Cc1c[n+]([O-])ccc1-c1ccc(-c2nc3c(cnn3-c3ccccc3)c(=O)n2-c2ccc(Cl)cc2)cc1. The molecule has 3 aromatic carbocycles. The van der Waals surface area contributed by atoms with Gasteiger partial charge in [0, 0.05) is 22.2 Å². The van der Waals surface area contributed by atoms with E-state index < -0.39 is 0 Å². The summed E-state index contributed by atoms with van der Waals surface area (Å²) in [6.45, 7) is 1.90. The number of benzene rings is 3. The lowest BCUT2D eigenvalue weighted by atomic mass is 10.0. The number of para-hydroxylation sites is 1. The van der Waals surface area contributed by atoms with Crippen LogP contribution in [0.25, 0.3) is 44.9 Å². The first-order chi connectivity index (χ1) is 18.0. The fraction of sp³-hybridized carbons (Fsp3) is 0.0345. The molecule has 3 heterocycles. The van der Waals surface area contributed by atoms with E-state index in [-0.39, 0.29) is 5.56 Å². The highest BCUT2D eigenvalue weighted by atomic mass is 35.5. The molecule has 8 heteroatoms. The third-order valence-corrected chi connectivity index (χ3v) is 6.53. The number of hydrogen-bond acceptors (Lipinski definition) is 4. The van der Waals surface area contributed by atoms with Crippen LogP contribution in [0.2, 0.25) is 5.02 Å². The average molecular weight is 506 g/mol. The van der Waals surface area contributed by atoms with E-state index >= 15 is 0 Å². The van der Waals surface area contributed by atoms with Gasteiger partial charge in [0.25, 0.3) is 5.56 Å². The standard InChI is InChI=1S/C29H20ClN5O2/c1-19-18-33(37)16-15-25(19)20-7-9-21(10-8-20)27-32-28-26(17-31-35(28)24-5-3-2-4-6-24)29(36)34(27)23-13-11-22(30)12-14-23/h2-18H,1H3. The molecule has 0 radical (unpaired) electrons. The first kappa shape index (κ1) is 22.7. The van der Waals surface area contributed by atoms with Crippen molar-refractivity contribution in [2.24, 2.45) is 0 Å². The van der Waals surface area contributed by atoms with E-state index in [4.69, 9.17) is 16.6 Å². The van der Waals surface area contributed by atoms with Crippen LogP contribution in [0.3, 0.4) is 0 Å². The molecule has 0 unspecified atom stereocenters. The Morgan fingerprint density at radius 2 is 1.57 bits per heavy atom. The molecule has 0 saturated carbocycles. The number of halogens is 1. The highest BCUT2D eigenvalue weighted by molar-refractivity contribution is 6.30. The van der Waals surface area contributed by atoms with Crippen molar-refractivity contribution in [3.05, 3.63) is 130 Å². The summed E-state index contributed by atoms with van der Waals surface area (Å²) in [6.07, 6.45) is 4.58. The van der Waals surface area contributed by atoms with Crippen molar-refractivity contribution in [2.45, 2.75) is 6.92 Å². The Morgan fingerprint density at radius 3 is 2.27 bits per heavy atom. The molecule has 7 nitrogen and oxygen atoms in total. The van der Waals surface area contributed by atoms with Crippen LogP contribution >= 0.6 is 11.6 Å². The minimum absolute atomic E-state index is 0.229. The molecule has 3 aromatic heterocycles. The maximum atomic E-state index is 13.8. The van der Waals surface area contributed by atoms with Gasteiger partial charge in [-0.1, -0.05) is 54.1 Å². The van der Waals surface area contributed by atoms with Gasteiger partial charge >= 0.3 is 0 Å². The van der Waals surface area contributed by atoms with Gasteiger partial charge in [-0.3, -0.25) is 9.36 Å². The van der Waals surface area contributed by atoms with Gasteiger partial charge in [-0.2, -0.15) is 9.83 Å². The molecule has 0 saturated heterocycles. The Balaban J connectivity index is 1.57. The Morgan fingerprint density at radius 1 is 0.865 bits per heavy atom. The van der Waals surface area contributed by atoms with Gasteiger partial charge in [-0.05, 0) is 54.4 Å². The van der Waals surface area contributed by atoms with Crippen LogP contribution in [0.15, 0.2) is 108 Å². The molecule has 0 aliphatic heterocycles. The summed E-state index contributed by atoms with van der Waals surface area (Å²) in [7, 11) is 0. The number of fused-ring (bicyclic) bond motifs is 1. The van der Waals surface area contributed by atoms with Crippen molar-refractivity contribution >= 4 is 22.6 Å². The second kappa shape index (κ2) is 9.04. The number of pyridine rings is 1. The zero-order chi connectivity index (χ0) is 25.5. The molecule has 0 spiro atoms. The lowest BCUT2D eigenvalue weighted by Crippen LogP contribution is -2.24. The second-order valence-corrected chi connectivity index (χ2v) is 9.10. The highest BCUT2D eigenvalue weighted by Crippen LogP contribution is 2.28. The third kappa shape index (κ3) is 4.05. The summed E-state index contributed by atoms with van der Waals surface area (Å²) in [5.74, 6) is 0.478. The molecular formula is C29H20ClN5O2. The first-order valence-corrected chi connectivity index (χ1v) is 12.0. The molecule has 0 aliphatic carbocycles. The van der Waals surface area contributed by atoms with E-state index in [0.717, 1.165) is 32.7 Å². The van der Waals surface area contributed by atoms with E-state index in [0.29, 0.717) is 27.6 Å². The fourth-order valence-electron chi connectivity index (χ4n) is 4.45. The number of rotatable bonds is 4. The van der Waals surface area contributed by atoms with E-state index in [1.54, 1.807) is 52.0 Å². The van der Waals surface area contributed by atoms with Crippen LogP contribution in [-0.2, 0) is 0 Å². The predicted octanol–water partition coefficient (Wildman–Crippen LogP) is 5.50. The second-order valence-electron chi connectivity index (χ2n) is 8.66. The number of hydrogen-bond donors (Lipinski definition) is 0. The van der Waals surface area contributed by atoms with E-state index in [1.807, 2.05) is 61.5 Å². The molecule has 0 aliphatic rings. The van der Waals surface area contributed by atoms with Crippen LogP contribution in [0.4, 0.5) is 0 Å². The first-order valence-electron chi connectivity index (χ1n) is 11.6.